The lowest BCUT2D eigenvalue weighted by molar-refractivity contribution is 0.567. The summed E-state index contributed by atoms with van der Waals surface area (Å²) in [7, 11) is 1.71. The summed E-state index contributed by atoms with van der Waals surface area (Å²) in [5.41, 5.74) is 0.480. The monoisotopic (exact) mass is 157 g/mol. The van der Waals surface area contributed by atoms with Gasteiger partial charge >= 0.3 is 0 Å². The van der Waals surface area contributed by atoms with Crippen molar-refractivity contribution < 1.29 is 8.78 Å². The van der Waals surface area contributed by atoms with E-state index >= 15 is 0 Å². The molecular formula is C8H9F2N. The second-order valence-electron chi connectivity index (χ2n) is 2.27. The van der Waals surface area contributed by atoms with Gasteiger partial charge in [-0.05, 0) is 13.1 Å². The third kappa shape index (κ3) is 1.98. The van der Waals surface area contributed by atoms with Gasteiger partial charge in [-0.2, -0.15) is 0 Å². The molecule has 0 unspecified atom stereocenters. The van der Waals surface area contributed by atoms with Crippen LogP contribution in [0.4, 0.5) is 8.78 Å². The molecule has 0 aliphatic heterocycles. The molecule has 0 aliphatic carbocycles. The highest BCUT2D eigenvalue weighted by Crippen LogP contribution is 2.08. The van der Waals surface area contributed by atoms with Gasteiger partial charge in [-0.15, -0.1) is 0 Å². The minimum absolute atomic E-state index is 0.423. The summed E-state index contributed by atoms with van der Waals surface area (Å²) in [5, 5.41) is 2.78. The van der Waals surface area contributed by atoms with Crippen LogP contribution in [0.2, 0.25) is 0 Å². The summed E-state index contributed by atoms with van der Waals surface area (Å²) in [5.74, 6) is -1.04. The van der Waals surface area contributed by atoms with E-state index in [0.29, 0.717) is 12.1 Å². The fourth-order valence-corrected chi connectivity index (χ4v) is 0.855. The maximum absolute atomic E-state index is 12.8. The van der Waals surface area contributed by atoms with Crippen LogP contribution in [0.1, 0.15) is 5.56 Å². The zero-order chi connectivity index (χ0) is 8.27. The zero-order valence-electron chi connectivity index (χ0n) is 6.20. The van der Waals surface area contributed by atoms with Crippen molar-refractivity contribution in [1.29, 1.82) is 0 Å². The largest absolute Gasteiger partial charge is 0.316 e. The number of rotatable bonds is 2. The van der Waals surface area contributed by atoms with Crippen molar-refractivity contribution in [1.82, 2.24) is 5.32 Å². The van der Waals surface area contributed by atoms with Crippen molar-refractivity contribution in [3.05, 3.63) is 35.4 Å². The molecule has 0 aliphatic rings. The van der Waals surface area contributed by atoms with Crippen molar-refractivity contribution >= 4 is 0 Å². The van der Waals surface area contributed by atoms with Crippen LogP contribution >= 0.6 is 0 Å². The molecule has 0 saturated heterocycles. The Labute approximate surface area is 64.0 Å². The molecule has 1 aromatic carbocycles. The lowest BCUT2D eigenvalue weighted by Gasteiger charge is -2.00. The van der Waals surface area contributed by atoms with Crippen molar-refractivity contribution in [3.63, 3.8) is 0 Å². The summed E-state index contributed by atoms with van der Waals surface area (Å²) in [4.78, 5) is 0. The molecule has 0 aromatic heterocycles. The molecule has 0 heterocycles. The molecule has 0 radical (unpaired) electrons. The molecule has 0 fully saturated rings. The lowest BCUT2D eigenvalue weighted by atomic mass is 10.2. The fraction of sp³-hybridized carbons (Fsp3) is 0.250. The van der Waals surface area contributed by atoms with Gasteiger partial charge in [-0.25, -0.2) is 8.78 Å². The van der Waals surface area contributed by atoms with E-state index in [1.54, 1.807) is 7.05 Å². The van der Waals surface area contributed by atoms with E-state index in [2.05, 4.69) is 5.32 Å². The number of hydrogen-bond donors (Lipinski definition) is 1. The topological polar surface area (TPSA) is 12.0 Å². The molecule has 1 rings (SSSR count). The van der Waals surface area contributed by atoms with Crippen LogP contribution in [0.25, 0.3) is 0 Å². The van der Waals surface area contributed by atoms with Gasteiger partial charge in [-0.1, -0.05) is 6.07 Å². The first-order valence-electron chi connectivity index (χ1n) is 3.32. The second-order valence-corrected chi connectivity index (χ2v) is 2.27. The fourth-order valence-electron chi connectivity index (χ4n) is 0.855. The van der Waals surface area contributed by atoms with Crippen molar-refractivity contribution in [2.24, 2.45) is 0 Å². The maximum Gasteiger partial charge on any atom is 0.130 e. The van der Waals surface area contributed by atoms with Crippen LogP contribution in [0.3, 0.4) is 0 Å². The van der Waals surface area contributed by atoms with Gasteiger partial charge < -0.3 is 5.32 Å². The Hall–Kier alpha value is -0.960. The Balaban J connectivity index is 2.90. The Morgan fingerprint density at radius 1 is 1.36 bits per heavy atom. The maximum atomic E-state index is 12.8. The molecular weight excluding hydrogens is 148 g/mol. The van der Waals surface area contributed by atoms with Crippen LogP contribution in [-0.4, -0.2) is 7.05 Å². The Morgan fingerprint density at radius 2 is 2.09 bits per heavy atom. The molecule has 60 valence electrons. The summed E-state index contributed by atoms with van der Waals surface area (Å²) < 4.78 is 25.1. The Kier molecular flexibility index (Phi) is 2.54. The van der Waals surface area contributed by atoms with Gasteiger partial charge in [0.05, 0.1) is 0 Å². The SMILES string of the molecule is CNCc1ccc(F)cc1F. The molecule has 0 bridgehead atoms. The van der Waals surface area contributed by atoms with Crippen LogP contribution in [0.15, 0.2) is 18.2 Å². The summed E-state index contributed by atoms with van der Waals surface area (Å²) >= 11 is 0. The molecule has 0 atom stereocenters. The molecule has 0 saturated carbocycles. The van der Waals surface area contributed by atoms with E-state index in [0.717, 1.165) is 6.07 Å². The smallest absolute Gasteiger partial charge is 0.130 e. The molecule has 11 heavy (non-hydrogen) atoms. The number of benzene rings is 1. The van der Waals surface area contributed by atoms with E-state index in [9.17, 15) is 8.78 Å². The standard InChI is InChI=1S/C8H9F2N/c1-11-5-6-2-3-7(9)4-8(6)10/h2-4,11H,5H2,1H3. The number of halogens is 2. The predicted octanol–water partition coefficient (Wildman–Crippen LogP) is 1.68. The van der Waals surface area contributed by atoms with E-state index in [1.807, 2.05) is 0 Å². The van der Waals surface area contributed by atoms with Gasteiger partial charge in [0.15, 0.2) is 0 Å². The minimum atomic E-state index is -0.539. The minimum Gasteiger partial charge on any atom is -0.316 e. The van der Waals surface area contributed by atoms with E-state index in [4.69, 9.17) is 0 Å². The Morgan fingerprint density at radius 3 is 2.64 bits per heavy atom. The number of nitrogens with one attached hydrogen (secondary N) is 1. The van der Waals surface area contributed by atoms with Gasteiger partial charge in [0.2, 0.25) is 0 Å². The molecule has 1 nitrogen and oxygen atoms in total. The third-order valence-electron chi connectivity index (χ3n) is 1.38. The van der Waals surface area contributed by atoms with Crippen LogP contribution in [0, 0.1) is 11.6 Å². The first-order chi connectivity index (χ1) is 5.24. The van der Waals surface area contributed by atoms with E-state index < -0.39 is 11.6 Å². The van der Waals surface area contributed by atoms with Crippen LogP contribution in [-0.2, 0) is 6.54 Å². The molecule has 1 aromatic rings. The van der Waals surface area contributed by atoms with Gasteiger partial charge in [-0.3, -0.25) is 0 Å². The second kappa shape index (κ2) is 3.44. The van der Waals surface area contributed by atoms with Gasteiger partial charge in [0, 0.05) is 18.2 Å². The summed E-state index contributed by atoms with van der Waals surface area (Å²) in [6, 6.07) is 3.56. The molecule has 0 spiro atoms. The highest BCUT2D eigenvalue weighted by Gasteiger charge is 2.00. The lowest BCUT2D eigenvalue weighted by Crippen LogP contribution is -2.06. The van der Waals surface area contributed by atoms with E-state index in [-0.39, 0.29) is 0 Å². The molecule has 3 heteroatoms. The molecule has 1 N–H and O–H groups in total. The van der Waals surface area contributed by atoms with Crippen molar-refractivity contribution in [3.8, 4) is 0 Å². The highest BCUT2D eigenvalue weighted by molar-refractivity contribution is 5.18. The van der Waals surface area contributed by atoms with Crippen molar-refractivity contribution in [2.75, 3.05) is 7.05 Å². The average Bonchev–Trinajstić information content (AvgIpc) is 1.95. The summed E-state index contributed by atoms with van der Waals surface area (Å²) in [6.45, 7) is 0.423. The highest BCUT2D eigenvalue weighted by atomic mass is 19.1. The summed E-state index contributed by atoms with van der Waals surface area (Å²) in [6.07, 6.45) is 0. The first kappa shape index (κ1) is 8.14. The molecule has 0 amide bonds. The average molecular weight is 157 g/mol. The van der Waals surface area contributed by atoms with Crippen molar-refractivity contribution in [2.45, 2.75) is 6.54 Å². The first-order valence-corrected chi connectivity index (χ1v) is 3.32. The van der Waals surface area contributed by atoms with Crippen LogP contribution < -0.4 is 5.32 Å². The van der Waals surface area contributed by atoms with E-state index in [1.165, 1.54) is 12.1 Å². The van der Waals surface area contributed by atoms with Crippen LogP contribution in [0.5, 0.6) is 0 Å². The quantitative estimate of drug-likeness (QED) is 0.688. The number of hydrogen-bond acceptors (Lipinski definition) is 1. The van der Waals surface area contributed by atoms with Gasteiger partial charge in [0.25, 0.3) is 0 Å². The normalized spacial score (nSPS) is 10.1. The van der Waals surface area contributed by atoms with Gasteiger partial charge in [0.1, 0.15) is 11.6 Å². The Bertz CT molecular complexity index is 248. The predicted molar refractivity (Wildman–Crippen MR) is 39.1 cm³/mol. The zero-order valence-corrected chi connectivity index (χ0v) is 6.20. The third-order valence-corrected chi connectivity index (χ3v) is 1.38.